The van der Waals surface area contributed by atoms with E-state index in [1.54, 1.807) is 44.7 Å². The summed E-state index contributed by atoms with van der Waals surface area (Å²) in [4.78, 5) is 38.4. The number of rotatable bonds is 4. The zero-order chi connectivity index (χ0) is 20.2. The summed E-state index contributed by atoms with van der Waals surface area (Å²) in [7, 11) is 0. The third-order valence-corrected chi connectivity index (χ3v) is 4.12. The molecule has 1 unspecified atom stereocenters. The molecule has 0 spiro atoms. The first-order valence-electron chi connectivity index (χ1n) is 8.84. The SMILES string of the molecule is CC(NC(=O)OC(C)(C)C)C(=O)N1CCN(c2ccc([N+](=O)[O-])cc2)CC1. The van der Waals surface area contributed by atoms with E-state index in [4.69, 9.17) is 4.74 Å². The van der Waals surface area contributed by atoms with Crippen LogP contribution in [-0.4, -0.2) is 59.6 Å². The molecule has 2 amide bonds. The van der Waals surface area contributed by atoms with Crippen LogP contribution in [0.3, 0.4) is 0 Å². The first kappa shape index (κ1) is 20.5. The number of ether oxygens (including phenoxy) is 1. The summed E-state index contributed by atoms with van der Waals surface area (Å²) < 4.78 is 5.17. The van der Waals surface area contributed by atoms with E-state index < -0.39 is 22.7 Å². The Labute approximate surface area is 158 Å². The Bertz CT molecular complexity index is 691. The van der Waals surface area contributed by atoms with Crippen molar-refractivity contribution in [3.8, 4) is 0 Å². The Morgan fingerprint density at radius 1 is 1.15 bits per heavy atom. The second-order valence-electron chi connectivity index (χ2n) is 7.45. The Kier molecular flexibility index (Phi) is 6.24. The number of amides is 2. The van der Waals surface area contributed by atoms with Crippen LogP contribution >= 0.6 is 0 Å². The van der Waals surface area contributed by atoms with Gasteiger partial charge in [0.05, 0.1) is 4.92 Å². The van der Waals surface area contributed by atoms with E-state index in [9.17, 15) is 19.7 Å². The first-order valence-corrected chi connectivity index (χ1v) is 8.84. The van der Waals surface area contributed by atoms with Gasteiger partial charge in [0, 0.05) is 44.0 Å². The van der Waals surface area contributed by atoms with Crippen LogP contribution in [0, 0.1) is 10.1 Å². The van der Waals surface area contributed by atoms with Crippen molar-refractivity contribution in [2.24, 2.45) is 0 Å². The quantitative estimate of drug-likeness (QED) is 0.636. The van der Waals surface area contributed by atoms with Crippen LogP contribution in [0.5, 0.6) is 0 Å². The van der Waals surface area contributed by atoms with E-state index in [2.05, 4.69) is 10.2 Å². The van der Waals surface area contributed by atoms with Gasteiger partial charge in [-0.3, -0.25) is 14.9 Å². The molecule has 1 fully saturated rings. The maximum absolute atomic E-state index is 12.5. The van der Waals surface area contributed by atoms with Crippen LogP contribution in [0.15, 0.2) is 24.3 Å². The van der Waals surface area contributed by atoms with Crippen LogP contribution in [-0.2, 0) is 9.53 Å². The van der Waals surface area contributed by atoms with Crippen molar-refractivity contribution in [2.45, 2.75) is 39.3 Å². The number of nitrogens with zero attached hydrogens (tertiary/aromatic N) is 3. The highest BCUT2D eigenvalue weighted by Gasteiger charge is 2.27. The van der Waals surface area contributed by atoms with Crippen molar-refractivity contribution in [3.63, 3.8) is 0 Å². The summed E-state index contributed by atoms with van der Waals surface area (Å²) in [5.74, 6) is -0.163. The summed E-state index contributed by atoms with van der Waals surface area (Å²) >= 11 is 0. The molecule has 9 heteroatoms. The van der Waals surface area contributed by atoms with Gasteiger partial charge in [0.1, 0.15) is 11.6 Å². The van der Waals surface area contributed by atoms with Crippen molar-refractivity contribution in [1.82, 2.24) is 10.2 Å². The van der Waals surface area contributed by atoms with Crippen LogP contribution in [0.25, 0.3) is 0 Å². The summed E-state index contributed by atoms with van der Waals surface area (Å²) in [5, 5.41) is 13.3. The van der Waals surface area contributed by atoms with Gasteiger partial charge in [-0.1, -0.05) is 0 Å². The van der Waals surface area contributed by atoms with E-state index in [1.165, 1.54) is 12.1 Å². The monoisotopic (exact) mass is 378 g/mol. The van der Waals surface area contributed by atoms with E-state index >= 15 is 0 Å². The van der Waals surface area contributed by atoms with Gasteiger partial charge in [-0.05, 0) is 39.8 Å². The minimum atomic E-state index is -0.675. The molecule has 0 aliphatic carbocycles. The average Bonchev–Trinajstić information content (AvgIpc) is 2.59. The van der Waals surface area contributed by atoms with Gasteiger partial charge in [-0.2, -0.15) is 0 Å². The number of hydrogen-bond donors (Lipinski definition) is 1. The highest BCUT2D eigenvalue weighted by molar-refractivity contribution is 5.85. The molecule has 0 radical (unpaired) electrons. The van der Waals surface area contributed by atoms with Crippen molar-refractivity contribution in [3.05, 3.63) is 34.4 Å². The van der Waals surface area contributed by atoms with Crippen LogP contribution in [0.2, 0.25) is 0 Å². The number of carbonyl (C=O) groups excluding carboxylic acids is 2. The molecule has 0 saturated carbocycles. The third-order valence-electron chi connectivity index (χ3n) is 4.12. The van der Waals surface area contributed by atoms with Gasteiger partial charge in [0.15, 0.2) is 0 Å². The minimum Gasteiger partial charge on any atom is -0.444 e. The number of piperazine rings is 1. The van der Waals surface area contributed by atoms with Gasteiger partial charge in [-0.25, -0.2) is 4.79 Å². The molecule has 1 atom stereocenters. The van der Waals surface area contributed by atoms with Crippen molar-refractivity contribution < 1.29 is 19.2 Å². The standard InChI is InChI=1S/C18H26N4O5/c1-13(19-17(24)27-18(2,3)4)16(23)21-11-9-20(10-12-21)14-5-7-15(8-6-14)22(25)26/h5-8,13H,9-12H2,1-4H3,(H,19,24). The zero-order valence-corrected chi connectivity index (χ0v) is 16.1. The minimum absolute atomic E-state index is 0.0506. The predicted octanol–water partition coefficient (Wildman–Crippen LogP) is 2.16. The number of nitro benzene ring substituents is 1. The average molecular weight is 378 g/mol. The maximum Gasteiger partial charge on any atom is 0.408 e. The highest BCUT2D eigenvalue weighted by atomic mass is 16.6. The van der Waals surface area contributed by atoms with Gasteiger partial charge in [0.25, 0.3) is 5.69 Å². The van der Waals surface area contributed by atoms with Crippen LogP contribution in [0.4, 0.5) is 16.2 Å². The number of hydrogen-bond acceptors (Lipinski definition) is 6. The summed E-state index contributed by atoms with van der Waals surface area (Å²) in [5.41, 5.74) is 0.311. The van der Waals surface area contributed by atoms with Gasteiger partial charge in [-0.15, -0.1) is 0 Å². The molecule has 9 nitrogen and oxygen atoms in total. The van der Waals surface area contributed by atoms with Gasteiger partial charge >= 0.3 is 6.09 Å². The fourth-order valence-corrected chi connectivity index (χ4v) is 2.79. The molecule has 1 aliphatic heterocycles. The lowest BCUT2D eigenvalue weighted by Crippen LogP contribution is -2.54. The summed E-state index contributed by atoms with van der Waals surface area (Å²) in [6.07, 6.45) is -0.618. The molecule has 1 aromatic rings. The molecule has 1 heterocycles. The fraction of sp³-hybridized carbons (Fsp3) is 0.556. The molecule has 0 bridgehead atoms. The van der Waals surface area contributed by atoms with E-state index in [-0.39, 0.29) is 11.6 Å². The second-order valence-corrected chi connectivity index (χ2v) is 7.45. The first-order chi connectivity index (χ1) is 12.6. The fourth-order valence-electron chi connectivity index (χ4n) is 2.79. The normalized spacial score (nSPS) is 15.9. The number of carbonyl (C=O) groups is 2. The van der Waals surface area contributed by atoms with Crippen LogP contribution < -0.4 is 10.2 Å². The van der Waals surface area contributed by atoms with E-state index in [1.807, 2.05) is 0 Å². The van der Waals surface area contributed by atoms with Crippen molar-refractivity contribution in [2.75, 3.05) is 31.1 Å². The Morgan fingerprint density at radius 2 is 1.70 bits per heavy atom. The maximum atomic E-state index is 12.5. The molecule has 1 saturated heterocycles. The molecule has 0 aromatic heterocycles. The smallest absolute Gasteiger partial charge is 0.408 e. The highest BCUT2D eigenvalue weighted by Crippen LogP contribution is 2.20. The predicted molar refractivity (Wildman–Crippen MR) is 101 cm³/mol. The molecular formula is C18H26N4O5. The van der Waals surface area contributed by atoms with Crippen LogP contribution in [0.1, 0.15) is 27.7 Å². The lowest BCUT2D eigenvalue weighted by molar-refractivity contribution is -0.384. The Balaban J connectivity index is 1.86. The number of alkyl carbamates (subject to hydrolysis) is 1. The van der Waals surface area contributed by atoms with Crippen molar-refractivity contribution >= 4 is 23.4 Å². The largest absolute Gasteiger partial charge is 0.444 e. The number of nitro groups is 1. The zero-order valence-electron chi connectivity index (χ0n) is 16.1. The van der Waals surface area contributed by atoms with Gasteiger partial charge < -0.3 is 19.9 Å². The molecule has 1 aliphatic rings. The van der Waals surface area contributed by atoms with E-state index in [0.29, 0.717) is 26.2 Å². The molecule has 2 rings (SSSR count). The molecule has 1 aromatic carbocycles. The molecule has 27 heavy (non-hydrogen) atoms. The molecule has 1 N–H and O–H groups in total. The lowest BCUT2D eigenvalue weighted by Gasteiger charge is -2.37. The molecule has 148 valence electrons. The lowest BCUT2D eigenvalue weighted by atomic mass is 10.2. The topological polar surface area (TPSA) is 105 Å². The Hall–Kier alpha value is -2.84. The summed E-state index contributed by atoms with van der Waals surface area (Å²) in [6, 6.07) is 5.69. The van der Waals surface area contributed by atoms with E-state index in [0.717, 1.165) is 5.69 Å². The van der Waals surface area contributed by atoms with Gasteiger partial charge in [0.2, 0.25) is 5.91 Å². The number of non-ortho nitro benzene ring substituents is 1. The molecular weight excluding hydrogens is 352 g/mol. The van der Waals surface area contributed by atoms with Crippen molar-refractivity contribution in [1.29, 1.82) is 0 Å². The number of nitrogens with one attached hydrogen (secondary N) is 1. The number of benzene rings is 1. The third kappa shape index (κ3) is 5.83. The Morgan fingerprint density at radius 3 is 2.19 bits per heavy atom. The summed E-state index contributed by atoms with van der Waals surface area (Å²) in [6.45, 7) is 9.16. The number of anilines is 1. The second kappa shape index (κ2) is 8.24.